The summed E-state index contributed by atoms with van der Waals surface area (Å²) in [5.74, 6) is 0.316. The Bertz CT molecular complexity index is 1160. The lowest BCUT2D eigenvalue weighted by Gasteiger charge is -2.69. The van der Waals surface area contributed by atoms with E-state index in [-0.39, 0.29) is 64.8 Å². The molecule has 7 bridgehead atoms. The lowest BCUT2D eigenvalue weighted by molar-refractivity contribution is -0.277. The van der Waals surface area contributed by atoms with Crippen LogP contribution in [0.2, 0.25) is 0 Å². The standard InChI is InChI=1S/C33H45NO6/c1-5-34-18-31(19-37-2)14-13-26(39-4)33-22-15-21-24(38-3)17-32(36,23(30(33)34)16-25(31)33)28(22)29(21)40-27(35)12-11-20-9-7-6-8-10-20/h6-12,21-26,28-30,36H,5,13-19H2,1-4H3/b12-11+/t21-,22-,23+,24+,25-,26+,28-,29+,30?,31+,32+,33-/m1/s1. The van der Waals surface area contributed by atoms with E-state index >= 15 is 0 Å². The van der Waals surface area contributed by atoms with E-state index in [1.54, 1.807) is 7.11 Å². The maximum atomic E-state index is 13.3. The van der Waals surface area contributed by atoms with E-state index in [4.69, 9.17) is 18.9 Å². The fourth-order valence-corrected chi connectivity index (χ4v) is 11.7. The molecular formula is C33H45NO6. The highest BCUT2D eigenvalue weighted by Gasteiger charge is 2.84. The lowest BCUT2D eigenvalue weighted by Crippen LogP contribution is -2.76. The predicted molar refractivity (Wildman–Crippen MR) is 150 cm³/mol. The molecule has 1 N–H and O–H groups in total. The molecule has 1 aliphatic heterocycles. The number of hydrogen-bond donors (Lipinski definition) is 1. The van der Waals surface area contributed by atoms with Crippen molar-refractivity contribution >= 4 is 12.0 Å². The van der Waals surface area contributed by atoms with Crippen molar-refractivity contribution in [2.75, 3.05) is 41.0 Å². The number of likely N-dealkylation sites (tertiary alicyclic amines) is 1. The molecule has 6 fully saturated rings. The average molecular weight is 552 g/mol. The minimum absolute atomic E-state index is 0.0589. The number of rotatable bonds is 8. The molecule has 1 aromatic rings. The number of nitrogens with zero attached hydrogens (tertiary/aromatic N) is 1. The van der Waals surface area contributed by atoms with Crippen LogP contribution in [-0.4, -0.2) is 87.0 Å². The summed E-state index contributed by atoms with van der Waals surface area (Å²) >= 11 is 0. The first-order chi connectivity index (χ1) is 19.4. The van der Waals surface area contributed by atoms with Crippen LogP contribution in [0.1, 0.15) is 44.6 Å². The summed E-state index contributed by atoms with van der Waals surface area (Å²) in [5, 5.41) is 12.9. The van der Waals surface area contributed by atoms with E-state index in [9.17, 15) is 9.90 Å². The molecule has 5 saturated carbocycles. The zero-order valence-electron chi connectivity index (χ0n) is 24.3. The SMILES string of the molecule is CCN1C[C@]2(COC)CC[C@H](OC)[C@]34C1[C@H](C[C@H]23)[C@@]1(O)C[C@H](OC)[C@H]2C[C@@H]4[C@@H]1[C@H]2OC(=O)/C=C/c1ccccc1. The molecular weight excluding hydrogens is 506 g/mol. The van der Waals surface area contributed by atoms with Gasteiger partial charge in [0.25, 0.3) is 0 Å². The van der Waals surface area contributed by atoms with E-state index in [2.05, 4.69) is 11.8 Å². The number of piperidine rings is 1. The molecule has 7 rings (SSSR count). The number of methoxy groups -OCH3 is 3. The third-order valence-corrected chi connectivity index (χ3v) is 12.6. The van der Waals surface area contributed by atoms with Gasteiger partial charge in [0.15, 0.2) is 0 Å². The Morgan fingerprint density at radius 3 is 2.62 bits per heavy atom. The molecule has 1 spiro atoms. The molecule has 1 unspecified atom stereocenters. The predicted octanol–water partition coefficient (Wildman–Crippen LogP) is 3.80. The number of fused-ring (bicyclic) bond motifs is 2. The topological polar surface area (TPSA) is 77.5 Å². The number of esters is 1. The highest BCUT2D eigenvalue weighted by atomic mass is 16.5. The van der Waals surface area contributed by atoms with Crippen LogP contribution < -0.4 is 0 Å². The average Bonchev–Trinajstić information content (AvgIpc) is 3.41. The van der Waals surface area contributed by atoms with Gasteiger partial charge in [0, 0.05) is 75.0 Å². The van der Waals surface area contributed by atoms with Gasteiger partial charge in [-0.25, -0.2) is 4.79 Å². The van der Waals surface area contributed by atoms with Crippen molar-refractivity contribution in [2.24, 2.45) is 40.4 Å². The Hall–Kier alpha value is -1.77. The van der Waals surface area contributed by atoms with E-state index in [0.29, 0.717) is 12.3 Å². The summed E-state index contributed by atoms with van der Waals surface area (Å²) in [4.78, 5) is 16.0. The quantitative estimate of drug-likeness (QED) is 0.389. The van der Waals surface area contributed by atoms with Gasteiger partial charge in [-0.2, -0.15) is 0 Å². The van der Waals surface area contributed by atoms with E-state index in [0.717, 1.165) is 50.9 Å². The van der Waals surface area contributed by atoms with Crippen LogP contribution in [0.3, 0.4) is 0 Å². The molecule has 0 aromatic heterocycles. The molecule has 1 heterocycles. The molecule has 5 aliphatic carbocycles. The zero-order chi connectivity index (χ0) is 27.9. The molecule has 1 aromatic carbocycles. The van der Waals surface area contributed by atoms with Gasteiger partial charge < -0.3 is 24.1 Å². The van der Waals surface area contributed by atoms with Gasteiger partial charge in [0.1, 0.15) is 6.10 Å². The smallest absolute Gasteiger partial charge is 0.331 e. The molecule has 40 heavy (non-hydrogen) atoms. The Morgan fingerprint density at radius 2 is 1.93 bits per heavy atom. The van der Waals surface area contributed by atoms with Crippen LogP contribution in [0.4, 0.5) is 0 Å². The number of hydrogen-bond acceptors (Lipinski definition) is 7. The Labute approximate surface area is 238 Å². The van der Waals surface area contributed by atoms with Crippen molar-refractivity contribution in [3.8, 4) is 0 Å². The molecule has 218 valence electrons. The third-order valence-electron chi connectivity index (χ3n) is 12.6. The molecule has 6 aliphatic rings. The van der Waals surface area contributed by atoms with Crippen LogP contribution in [0.5, 0.6) is 0 Å². The summed E-state index contributed by atoms with van der Waals surface area (Å²) < 4.78 is 24.8. The molecule has 0 amide bonds. The van der Waals surface area contributed by atoms with Crippen molar-refractivity contribution in [1.82, 2.24) is 4.90 Å². The lowest BCUT2D eigenvalue weighted by atomic mass is 9.43. The van der Waals surface area contributed by atoms with Gasteiger partial charge in [-0.1, -0.05) is 37.3 Å². The van der Waals surface area contributed by atoms with Gasteiger partial charge in [-0.05, 0) is 55.7 Å². The highest BCUT2D eigenvalue weighted by Crippen LogP contribution is 2.79. The maximum Gasteiger partial charge on any atom is 0.331 e. The highest BCUT2D eigenvalue weighted by molar-refractivity contribution is 5.87. The summed E-state index contributed by atoms with van der Waals surface area (Å²) in [6.45, 7) is 4.98. The second-order valence-corrected chi connectivity index (χ2v) is 13.6. The van der Waals surface area contributed by atoms with Gasteiger partial charge >= 0.3 is 5.97 Å². The van der Waals surface area contributed by atoms with Gasteiger partial charge in [0.05, 0.1) is 24.4 Å². The fraction of sp³-hybridized carbons (Fsp3) is 0.727. The van der Waals surface area contributed by atoms with E-state index < -0.39 is 5.60 Å². The number of benzene rings is 1. The van der Waals surface area contributed by atoms with Crippen molar-refractivity contribution in [1.29, 1.82) is 0 Å². The molecule has 12 atom stereocenters. The summed E-state index contributed by atoms with van der Waals surface area (Å²) in [7, 11) is 5.47. The minimum Gasteiger partial charge on any atom is -0.458 e. The molecule has 1 saturated heterocycles. The Balaban J connectivity index is 1.31. The second kappa shape index (κ2) is 9.63. The zero-order valence-corrected chi connectivity index (χ0v) is 24.3. The largest absolute Gasteiger partial charge is 0.458 e. The van der Waals surface area contributed by atoms with Crippen molar-refractivity contribution in [2.45, 2.75) is 69.0 Å². The van der Waals surface area contributed by atoms with Crippen LogP contribution in [-0.2, 0) is 23.7 Å². The fourth-order valence-electron chi connectivity index (χ4n) is 11.7. The van der Waals surface area contributed by atoms with Crippen molar-refractivity contribution < 1.29 is 28.8 Å². The molecule has 7 heteroatoms. The van der Waals surface area contributed by atoms with Crippen molar-refractivity contribution in [3.05, 3.63) is 42.0 Å². The Kier molecular flexibility index (Phi) is 6.52. The van der Waals surface area contributed by atoms with Gasteiger partial charge in [0.2, 0.25) is 0 Å². The normalized spacial score (nSPS) is 48.5. The Morgan fingerprint density at radius 1 is 1.12 bits per heavy atom. The number of carbonyl (C=O) groups excluding carboxylic acids is 1. The van der Waals surface area contributed by atoms with E-state index in [1.807, 2.05) is 50.6 Å². The molecule has 7 nitrogen and oxygen atoms in total. The van der Waals surface area contributed by atoms with Gasteiger partial charge in [-0.15, -0.1) is 0 Å². The first kappa shape index (κ1) is 27.1. The van der Waals surface area contributed by atoms with Gasteiger partial charge in [-0.3, -0.25) is 4.90 Å². The van der Waals surface area contributed by atoms with Crippen LogP contribution in [0.15, 0.2) is 36.4 Å². The molecule has 0 radical (unpaired) electrons. The third kappa shape index (κ3) is 3.39. The number of ether oxygens (including phenoxy) is 4. The minimum atomic E-state index is -0.950. The maximum absolute atomic E-state index is 13.3. The van der Waals surface area contributed by atoms with Crippen LogP contribution in [0.25, 0.3) is 6.08 Å². The summed E-state index contributed by atoms with van der Waals surface area (Å²) in [6.07, 6.45) is 7.54. The summed E-state index contributed by atoms with van der Waals surface area (Å²) in [5.41, 5.74) is -0.0262. The van der Waals surface area contributed by atoms with E-state index in [1.165, 1.54) is 6.08 Å². The van der Waals surface area contributed by atoms with Crippen LogP contribution >= 0.6 is 0 Å². The number of aliphatic hydroxyl groups is 1. The second-order valence-electron chi connectivity index (χ2n) is 13.6. The van der Waals surface area contributed by atoms with Crippen molar-refractivity contribution in [3.63, 3.8) is 0 Å². The summed E-state index contributed by atoms with van der Waals surface area (Å²) in [6, 6.07) is 10.1. The monoisotopic (exact) mass is 551 g/mol. The first-order valence-corrected chi connectivity index (χ1v) is 15.3. The first-order valence-electron chi connectivity index (χ1n) is 15.3. The van der Waals surface area contributed by atoms with Crippen LogP contribution in [0, 0.1) is 40.4 Å². The number of carbonyl (C=O) groups is 1.